The van der Waals surface area contributed by atoms with Gasteiger partial charge in [0.2, 0.25) is 0 Å². The summed E-state index contributed by atoms with van der Waals surface area (Å²) in [7, 11) is 1.49. The highest BCUT2D eigenvalue weighted by Crippen LogP contribution is 2.26. The second kappa shape index (κ2) is 5.64. The maximum absolute atomic E-state index is 12.2. The molecule has 2 rings (SSSR count). The number of nitrogens with two attached hydrogens (primary N) is 1. The number of carbonyl (C=O) groups excluding carboxylic acids is 1. The first kappa shape index (κ1) is 13.9. The number of methoxy groups -OCH3 is 1. The third-order valence-electron chi connectivity index (χ3n) is 2.88. The van der Waals surface area contributed by atoms with Crippen molar-refractivity contribution in [3.63, 3.8) is 0 Å². The van der Waals surface area contributed by atoms with Crippen LogP contribution in [0.25, 0.3) is 0 Å². The number of nitrogen functional groups attached to an aromatic ring is 1. The highest BCUT2D eigenvalue weighted by atomic mass is 16.5. The summed E-state index contributed by atoms with van der Waals surface area (Å²) in [6, 6.07) is 5.30. The first-order chi connectivity index (χ1) is 9.52. The Kier molecular flexibility index (Phi) is 3.93. The van der Waals surface area contributed by atoms with E-state index in [-0.39, 0.29) is 11.9 Å². The Labute approximate surface area is 117 Å². The molecule has 0 aliphatic rings. The van der Waals surface area contributed by atoms with Gasteiger partial charge < -0.3 is 15.8 Å². The predicted octanol–water partition coefficient (Wildman–Crippen LogP) is 2.31. The molecule has 1 amide bonds. The highest BCUT2D eigenvalue weighted by Gasteiger charge is 2.15. The van der Waals surface area contributed by atoms with Crippen LogP contribution >= 0.6 is 0 Å². The molecule has 20 heavy (non-hydrogen) atoms. The van der Waals surface area contributed by atoms with E-state index in [9.17, 15) is 4.79 Å². The first-order valence-corrected chi connectivity index (χ1v) is 6.31. The standard InChI is InChI=1S/C14H18N4O2/c1-9(2)18-8-10(7-16-18)17-14(19)11-5-4-6-12(15)13(11)20-3/h4-9H,15H2,1-3H3,(H,17,19). The van der Waals surface area contributed by atoms with E-state index in [0.717, 1.165) is 0 Å². The quantitative estimate of drug-likeness (QED) is 0.838. The lowest BCUT2D eigenvalue weighted by molar-refractivity contribution is 0.102. The van der Waals surface area contributed by atoms with Crippen LogP contribution in [0.1, 0.15) is 30.2 Å². The lowest BCUT2D eigenvalue weighted by Crippen LogP contribution is -2.13. The fourth-order valence-electron chi connectivity index (χ4n) is 1.84. The predicted molar refractivity (Wildman–Crippen MR) is 78.0 cm³/mol. The molecule has 0 fully saturated rings. The summed E-state index contributed by atoms with van der Waals surface area (Å²) >= 11 is 0. The Morgan fingerprint density at radius 3 is 2.80 bits per heavy atom. The minimum Gasteiger partial charge on any atom is -0.494 e. The van der Waals surface area contributed by atoms with E-state index in [1.165, 1.54) is 7.11 Å². The van der Waals surface area contributed by atoms with Crippen molar-refractivity contribution in [3.05, 3.63) is 36.2 Å². The van der Waals surface area contributed by atoms with Gasteiger partial charge >= 0.3 is 0 Å². The molecule has 0 radical (unpaired) electrons. The van der Waals surface area contributed by atoms with Gasteiger partial charge in [-0.15, -0.1) is 0 Å². The van der Waals surface area contributed by atoms with E-state index in [1.54, 1.807) is 35.3 Å². The van der Waals surface area contributed by atoms with Crippen LogP contribution in [0.4, 0.5) is 11.4 Å². The second-order valence-electron chi connectivity index (χ2n) is 4.68. The van der Waals surface area contributed by atoms with Gasteiger partial charge in [-0.3, -0.25) is 9.48 Å². The van der Waals surface area contributed by atoms with Crippen molar-refractivity contribution in [2.45, 2.75) is 19.9 Å². The lowest BCUT2D eigenvalue weighted by Gasteiger charge is -2.10. The molecule has 0 unspecified atom stereocenters. The van der Waals surface area contributed by atoms with Crippen molar-refractivity contribution < 1.29 is 9.53 Å². The van der Waals surface area contributed by atoms with Crippen molar-refractivity contribution in [3.8, 4) is 5.75 Å². The van der Waals surface area contributed by atoms with Gasteiger partial charge in [-0.2, -0.15) is 5.10 Å². The zero-order valence-corrected chi connectivity index (χ0v) is 11.8. The summed E-state index contributed by atoms with van der Waals surface area (Å²) in [5.41, 5.74) is 7.24. The van der Waals surface area contributed by atoms with E-state index in [4.69, 9.17) is 10.5 Å². The van der Waals surface area contributed by atoms with Crippen LogP contribution in [0.15, 0.2) is 30.6 Å². The van der Waals surface area contributed by atoms with E-state index in [2.05, 4.69) is 10.4 Å². The summed E-state index contributed by atoms with van der Waals surface area (Å²) in [6.07, 6.45) is 3.39. The van der Waals surface area contributed by atoms with Gasteiger partial charge in [0.05, 0.1) is 30.2 Å². The summed E-state index contributed by atoms with van der Waals surface area (Å²) in [5.74, 6) is 0.0960. The van der Waals surface area contributed by atoms with E-state index >= 15 is 0 Å². The molecule has 6 heteroatoms. The minimum atomic E-state index is -0.280. The third-order valence-corrected chi connectivity index (χ3v) is 2.88. The number of benzene rings is 1. The summed E-state index contributed by atoms with van der Waals surface area (Å²) in [6.45, 7) is 4.03. The molecule has 2 aromatic rings. The number of hydrogen-bond acceptors (Lipinski definition) is 4. The fourth-order valence-corrected chi connectivity index (χ4v) is 1.84. The van der Waals surface area contributed by atoms with E-state index in [0.29, 0.717) is 22.7 Å². The number of amides is 1. The number of nitrogens with zero attached hydrogens (tertiary/aromatic N) is 2. The summed E-state index contributed by atoms with van der Waals surface area (Å²) in [4.78, 5) is 12.2. The molecule has 1 heterocycles. The molecule has 3 N–H and O–H groups in total. The van der Waals surface area contributed by atoms with E-state index < -0.39 is 0 Å². The average molecular weight is 274 g/mol. The molecule has 0 atom stereocenters. The number of aromatic nitrogens is 2. The van der Waals surface area contributed by atoms with Gasteiger partial charge in [0.15, 0.2) is 5.75 Å². The van der Waals surface area contributed by atoms with Gasteiger partial charge in [0, 0.05) is 12.2 Å². The molecule has 0 saturated carbocycles. The molecule has 1 aromatic heterocycles. The fraction of sp³-hybridized carbons (Fsp3) is 0.286. The van der Waals surface area contributed by atoms with Gasteiger partial charge in [-0.05, 0) is 26.0 Å². The van der Waals surface area contributed by atoms with Gasteiger partial charge in [-0.25, -0.2) is 0 Å². The molecule has 106 valence electrons. The number of rotatable bonds is 4. The smallest absolute Gasteiger partial charge is 0.259 e. The number of nitrogens with one attached hydrogen (secondary N) is 1. The number of ether oxygens (including phenoxy) is 1. The maximum atomic E-state index is 12.2. The Morgan fingerprint density at radius 1 is 1.45 bits per heavy atom. The highest BCUT2D eigenvalue weighted by molar-refractivity contribution is 6.07. The SMILES string of the molecule is COc1c(N)cccc1C(=O)Nc1cnn(C(C)C)c1. The number of carbonyl (C=O) groups is 1. The zero-order chi connectivity index (χ0) is 14.7. The van der Waals surface area contributed by atoms with Crippen LogP contribution in [-0.4, -0.2) is 22.8 Å². The van der Waals surface area contributed by atoms with Crippen LogP contribution < -0.4 is 15.8 Å². The molecule has 6 nitrogen and oxygen atoms in total. The van der Waals surface area contributed by atoms with Gasteiger partial charge in [0.25, 0.3) is 5.91 Å². The third kappa shape index (κ3) is 2.74. The molecular formula is C14H18N4O2. The summed E-state index contributed by atoms with van der Waals surface area (Å²) in [5, 5.41) is 6.95. The van der Waals surface area contributed by atoms with Crippen molar-refractivity contribution in [2.24, 2.45) is 0 Å². The van der Waals surface area contributed by atoms with Crippen LogP contribution in [-0.2, 0) is 0 Å². The van der Waals surface area contributed by atoms with Crippen LogP contribution in [0.2, 0.25) is 0 Å². The van der Waals surface area contributed by atoms with Crippen LogP contribution in [0, 0.1) is 0 Å². The monoisotopic (exact) mass is 274 g/mol. The topological polar surface area (TPSA) is 82.2 Å². The van der Waals surface area contributed by atoms with Crippen molar-refractivity contribution in [1.29, 1.82) is 0 Å². The van der Waals surface area contributed by atoms with Crippen molar-refractivity contribution >= 4 is 17.3 Å². The van der Waals surface area contributed by atoms with Crippen molar-refractivity contribution in [1.82, 2.24) is 9.78 Å². The number of hydrogen-bond donors (Lipinski definition) is 2. The van der Waals surface area contributed by atoms with Gasteiger partial charge in [-0.1, -0.05) is 6.07 Å². The average Bonchev–Trinajstić information content (AvgIpc) is 2.87. The molecule has 0 aliphatic heterocycles. The molecule has 0 spiro atoms. The Hall–Kier alpha value is -2.50. The molecule has 1 aromatic carbocycles. The van der Waals surface area contributed by atoms with Crippen LogP contribution in [0.3, 0.4) is 0 Å². The zero-order valence-electron chi connectivity index (χ0n) is 11.8. The Morgan fingerprint density at radius 2 is 2.20 bits per heavy atom. The Bertz CT molecular complexity index is 619. The minimum absolute atomic E-state index is 0.238. The largest absolute Gasteiger partial charge is 0.494 e. The second-order valence-corrected chi connectivity index (χ2v) is 4.68. The van der Waals surface area contributed by atoms with Crippen molar-refractivity contribution in [2.75, 3.05) is 18.2 Å². The molecule has 0 bridgehead atoms. The summed E-state index contributed by atoms with van der Waals surface area (Å²) < 4.78 is 6.94. The lowest BCUT2D eigenvalue weighted by atomic mass is 10.1. The first-order valence-electron chi connectivity index (χ1n) is 6.31. The number of anilines is 2. The normalized spacial score (nSPS) is 10.6. The van der Waals surface area contributed by atoms with Gasteiger partial charge in [0.1, 0.15) is 0 Å². The number of para-hydroxylation sites is 1. The molecule has 0 aliphatic carbocycles. The molecular weight excluding hydrogens is 256 g/mol. The maximum Gasteiger partial charge on any atom is 0.259 e. The van der Waals surface area contributed by atoms with E-state index in [1.807, 2.05) is 13.8 Å². The van der Waals surface area contributed by atoms with Crippen LogP contribution in [0.5, 0.6) is 5.75 Å². The Balaban J connectivity index is 2.21. The molecule has 0 saturated heterocycles.